The fourth-order valence-corrected chi connectivity index (χ4v) is 3.06. The molecule has 0 fully saturated rings. The predicted molar refractivity (Wildman–Crippen MR) is 111 cm³/mol. The number of carbonyl (C=O) groups excluding carboxylic acids is 2. The second-order valence-electron chi connectivity index (χ2n) is 7.13. The van der Waals surface area contributed by atoms with Gasteiger partial charge in [0, 0.05) is 12.6 Å². The smallest absolute Gasteiger partial charge is 0.261 e. The summed E-state index contributed by atoms with van der Waals surface area (Å²) in [5.41, 5.74) is 1.07. The van der Waals surface area contributed by atoms with Gasteiger partial charge in [-0.15, -0.1) is 0 Å². The van der Waals surface area contributed by atoms with Gasteiger partial charge in [-0.25, -0.2) is 4.39 Å². The molecule has 0 saturated heterocycles. The molecule has 2 aromatic rings. The topological polar surface area (TPSA) is 58.6 Å². The summed E-state index contributed by atoms with van der Waals surface area (Å²) < 4.78 is 19.2. The molecule has 0 radical (unpaired) electrons. The zero-order valence-electron chi connectivity index (χ0n) is 17.2. The van der Waals surface area contributed by atoms with E-state index >= 15 is 0 Å². The number of amides is 2. The quantitative estimate of drug-likeness (QED) is 0.663. The number of ether oxygens (including phenoxy) is 1. The van der Waals surface area contributed by atoms with E-state index in [-0.39, 0.29) is 30.2 Å². The summed E-state index contributed by atoms with van der Waals surface area (Å²) >= 11 is 0. The van der Waals surface area contributed by atoms with Crippen LogP contribution >= 0.6 is 0 Å². The molecular weight excluding hydrogens is 371 g/mol. The van der Waals surface area contributed by atoms with Crippen molar-refractivity contribution in [2.45, 2.75) is 45.7 Å². The molecule has 2 amide bonds. The van der Waals surface area contributed by atoms with Crippen molar-refractivity contribution >= 4 is 11.8 Å². The van der Waals surface area contributed by atoms with Crippen molar-refractivity contribution in [2.24, 2.45) is 0 Å². The molecule has 5 nitrogen and oxygen atoms in total. The van der Waals surface area contributed by atoms with E-state index in [4.69, 9.17) is 4.74 Å². The lowest BCUT2D eigenvalue weighted by Crippen LogP contribution is -2.52. The van der Waals surface area contributed by atoms with Crippen LogP contribution in [0.1, 0.15) is 32.8 Å². The maximum Gasteiger partial charge on any atom is 0.261 e. The maximum atomic E-state index is 13.8. The third-order valence-corrected chi connectivity index (χ3v) is 4.49. The maximum absolute atomic E-state index is 13.8. The largest absolute Gasteiger partial charge is 0.481 e. The molecule has 0 aliphatic rings. The van der Waals surface area contributed by atoms with Gasteiger partial charge < -0.3 is 15.0 Å². The molecule has 0 aliphatic heterocycles. The normalized spacial score (nSPS) is 11.8. The highest BCUT2D eigenvalue weighted by Crippen LogP contribution is 2.16. The van der Waals surface area contributed by atoms with Crippen LogP contribution in [0.15, 0.2) is 54.6 Å². The van der Waals surface area contributed by atoms with Crippen molar-refractivity contribution in [2.75, 3.05) is 13.2 Å². The van der Waals surface area contributed by atoms with Gasteiger partial charge in [-0.2, -0.15) is 0 Å². The molecule has 156 valence electrons. The predicted octanol–water partition coefficient (Wildman–Crippen LogP) is 3.58. The number of hydrogen-bond acceptors (Lipinski definition) is 3. The Morgan fingerprint density at radius 1 is 1.07 bits per heavy atom. The first kappa shape index (κ1) is 22.4. The Bertz CT molecular complexity index is 796. The summed E-state index contributed by atoms with van der Waals surface area (Å²) in [5, 5.41) is 2.88. The number of hydrogen-bond donors (Lipinski definition) is 1. The van der Waals surface area contributed by atoms with E-state index in [2.05, 4.69) is 5.32 Å². The number of rotatable bonds is 10. The Hall–Kier alpha value is -2.89. The van der Waals surface area contributed by atoms with Gasteiger partial charge in [0.25, 0.3) is 5.91 Å². The van der Waals surface area contributed by atoms with Crippen molar-refractivity contribution < 1.29 is 18.7 Å². The fraction of sp³-hybridized carbons (Fsp3) is 0.391. The first-order valence-electron chi connectivity index (χ1n) is 9.93. The first-order chi connectivity index (χ1) is 13.9. The van der Waals surface area contributed by atoms with Crippen LogP contribution in [0.25, 0.3) is 0 Å². The minimum atomic E-state index is -0.613. The van der Waals surface area contributed by atoms with E-state index in [9.17, 15) is 14.0 Å². The number of nitrogens with zero attached hydrogens (tertiary/aromatic N) is 1. The molecule has 0 bridgehead atoms. The minimum Gasteiger partial charge on any atom is -0.481 e. The van der Waals surface area contributed by atoms with E-state index in [0.717, 1.165) is 5.56 Å². The minimum absolute atomic E-state index is 0.0172. The van der Waals surface area contributed by atoms with Crippen LogP contribution in [0.4, 0.5) is 4.39 Å². The lowest BCUT2D eigenvalue weighted by atomic mass is 10.1. The molecule has 0 saturated carbocycles. The lowest BCUT2D eigenvalue weighted by Gasteiger charge is -2.31. The fourth-order valence-electron chi connectivity index (χ4n) is 3.06. The van der Waals surface area contributed by atoms with Crippen LogP contribution in [0.3, 0.4) is 0 Å². The molecule has 0 spiro atoms. The van der Waals surface area contributed by atoms with Crippen LogP contribution in [0.2, 0.25) is 0 Å². The third kappa shape index (κ3) is 6.89. The van der Waals surface area contributed by atoms with Crippen LogP contribution < -0.4 is 10.1 Å². The molecule has 0 aliphatic carbocycles. The highest BCUT2D eigenvalue weighted by Gasteiger charge is 2.29. The van der Waals surface area contributed by atoms with Crippen molar-refractivity contribution in [3.8, 4) is 5.75 Å². The van der Waals surface area contributed by atoms with Gasteiger partial charge >= 0.3 is 0 Å². The number of nitrogens with one attached hydrogen (secondary N) is 1. The second-order valence-corrected chi connectivity index (χ2v) is 7.13. The number of para-hydroxylation sites is 1. The first-order valence-corrected chi connectivity index (χ1v) is 9.93. The van der Waals surface area contributed by atoms with Crippen molar-refractivity contribution in [1.82, 2.24) is 10.2 Å². The SMILES string of the molecule is CC[C@@H](C(=O)NC(C)C)N(CCc1ccccc1)C(=O)COc1ccccc1F. The Balaban J connectivity index is 2.13. The van der Waals surface area contributed by atoms with Crippen LogP contribution in [-0.2, 0) is 16.0 Å². The zero-order chi connectivity index (χ0) is 21.2. The van der Waals surface area contributed by atoms with Crippen molar-refractivity contribution in [3.63, 3.8) is 0 Å². The van der Waals surface area contributed by atoms with E-state index in [1.165, 1.54) is 17.0 Å². The van der Waals surface area contributed by atoms with E-state index in [1.807, 2.05) is 51.1 Å². The van der Waals surface area contributed by atoms with Crippen LogP contribution in [-0.4, -0.2) is 41.9 Å². The average molecular weight is 400 g/mol. The average Bonchev–Trinajstić information content (AvgIpc) is 2.70. The summed E-state index contributed by atoms with van der Waals surface area (Å²) in [6.45, 7) is 5.66. The van der Waals surface area contributed by atoms with Gasteiger partial charge in [0.2, 0.25) is 5.91 Å². The standard InChI is InChI=1S/C23H29FN2O3/c1-4-20(23(28)25-17(2)3)26(15-14-18-10-6-5-7-11-18)22(27)16-29-21-13-9-8-12-19(21)24/h5-13,17,20H,4,14-16H2,1-3H3,(H,25,28)/t20-/m0/s1. The van der Waals surface area contributed by atoms with Crippen molar-refractivity contribution in [1.29, 1.82) is 0 Å². The van der Waals surface area contributed by atoms with Gasteiger partial charge in [-0.1, -0.05) is 49.4 Å². The van der Waals surface area contributed by atoms with Gasteiger partial charge in [-0.3, -0.25) is 9.59 Å². The lowest BCUT2D eigenvalue weighted by molar-refractivity contribution is -0.142. The van der Waals surface area contributed by atoms with E-state index in [1.54, 1.807) is 12.1 Å². The van der Waals surface area contributed by atoms with Gasteiger partial charge in [0.05, 0.1) is 0 Å². The summed E-state index contributed by atoms with van der Waals surface area (Å²) in [4.78, 5) is 27.1. The van der Waals surface area contributed by atoms with Gasteiger partial charge in [0.15, 0.2) is 18.2 Å². The van der Waals surface area contributed by atoms with Crippen LogP contribution in [0, 0.1) is 5.82 Å². The van der Waals surface area contributed by atoms with Gasteiger partial charge in [0.1, 0.15) is 6.04 Å². The Labute approximate surface area is 171 Å². The molecule has 0 heterocycles. The molecule has 2 rings (SSSR count). The molecular formula is C23H29FN2O3. The van der Waals surface area contributed by atoms with Crippen molar-refractivity contribution in [3.05, 3.63) is 66.0 Å². The highest BCUT2D eigenvalue weighted by molar-refractivity contribution is 5.88. The Kier molecular flexibility index (Phi) is 8.65. The summed E-state index contributed by atoms with van der Waals surface area (Å²) in [6, 6.07) is 15.1. The molecule has 1 atom stereocenters. The monoisotopic (exact) mass is 400 g/mol. The highest BCUT2D eigenvalue weighted by atomic mass is 19.1. The van der Waals surface area contributed by atoms with E-state index < -0.39 is 11.9 Å². The molecule has 6 heteroatoms. The Morgan fingerprint density at radius 2 is 1.72 bits per heavy atom. The number of carbonyl (C=O) groups is 2. The van der Waals surface area contributed by atoms with Crippen LogP contribution in [0.5, 0.6) is 5.75 Å². The molecule has 0 aromatic heterocycles. The molecule has 0 unspecified atom stereocenters. The zero-order valence-corrected chi connectivity index (χ0v) is 17.2. The molecule has 1 N–H and O–H groups in total. The summed E-state index contributed by atoms with van der Waals surface area (Å²) in [7, 11) is 0. The third-order valence-electron chi connectivity index (χ3n) is 4.49. The summed E-state index contributed by atoms with van der Waals surface area (Å²) in [6.07, 6.45) is 1.08. The second kappa shape index (κ2) is 11.2. The Morgan fingerprint density at radius 3 is 2.34 bits per heavy atom. The number of benzene rings is 2. The van der Waals surface area contributed by atoms with E-state index in [0.29, 0.717) is 19.4 Å². The van der Waals surface area contributed by atoms with Gasteiger partial charge in [-0.05, 0) is 44.4 Å². The molecule has 29 heavy (non-hydrogen) atoms. The number of halogens is 1. The molecule has 2 aromatic carbocycles. The summed E-state index contributed by atoms with van der Waals surface area (Å²) in [5.74, 6) is -1.06.